The molecule has 2 aromatic carbocycles. The third-order valence-corrected chi connectivity index (χ3v) is 4.59. The van der Waals surface area contributed by atoms with Crippen LogP contribution in [-0.2, 0) is 15.0 Å². The second kappa shape index (κ2) is 9.37. The fraction of sp³-hybridized carbons (Fsp3) is 0.348. The Bertz CT molecular complexity index is 857. The summed E-state index contributed by atoms with van der Waals surface area (Å²) in [5.41, 5.74) is 2.37. The number of amides is 3. The Morgan fingerprint density at radius 2 is 1.41 bits per heavy atom. The second-order valence-corrected chi connectivity index (χ2v) is 7.99. The summed E-state index contributed by atoms with van der Waals surface area (Å²) in [7, 11) is 0. The summed E-state index contributed by atoms with van der Waals surface area (Å²) >= 11 is 0. The largest absolute Gasteiger partial charge is 0.350 e. The van der Waals surface area contributed by atoms with Gasteiger partial charge < -0.3 is 16.0 Å². The zero-order valence-electron chi connectivity index (χ0n) is 17.6. The van der Waals surface area contributed by atoms with Crippen molar-refractivity contribution < 1.29 is 14.4 Å². The van der Waals surface area contributed by atoms with E-state index in [0.29, 0.717) is 16.9 Å². The van der Waals surface area contributed by atoms with Crippen molar-refractivity contribution in [2.75, 3.05) is 10.6 Å². The zero-order valence-corrected chi connectivity index (χ0v) is 17.6. The van der Waals surface area contributed by atoms with Crippen LogP contribution in [0.1, 0.15) is 57.0 Å². The molecule has 29 heavy (non-hydrogen) atoms. The molecule has 1 atom stereocenters. The summed E-state index contributed by atoms with van der Waals surface area (Å²) in [6.45, 7) is 9.04. The van der Waals surface area contributed by atoms with Crippen molar-refractivity contribution >= 4 is 29.1 Å². The van der Waals surface area contributed by atoms with Crippen molar-refractivity contribution in [1.82, 2.24) is 5.32 Å². The Labute approximate surface area is 172 Å². The molecule has 0 aliphatic carbocycles. The standard InChI is InChI=1S/C23H29N3O3/c1-15(14-23(4,5)19-9-7-6-8-10-19)24-22(29)18-11-20(25-16(2)27)13-21(12-18)26-17(3)28/h6-13,15H,14H2,1-5H3,(H,24,29)(H,25,27)(H,26,28). The maximum absolute atomic E-state index is 12.8. The van der Waals surface area contributed by atoms with E-state index in [-0.39, 0.29) is 29.2 Å². The number of hydrogen-bond acceptors (Lipinski definition) is 3. The van der Waals surface area contributed by atoms with Gasteiger partial charge >= 0.3 is 0 Å². The molecule has 1 unspecified atom stereocenters. The van der Waals surface area contributed by atoms with Gasteiger partial charge in [-0.2, -0.15) is 0 Å². The van der Waals surface area contributed by atoms with Crippen molar-refractivity contribution in [3.63, 3.8) is 0 Å². The molecule has 0 aliphatic rings. The van der Waals surface area contributed by atoms with Gasteiger partial charge in [-0.3, -0.25) is 14.4 Å². The Morgan fingerprint density at radius 3 is 1.90 bits per heavy atom. The van der Waals surface area contributed by atoms with Crippen LogP contribution in [0.15, 0.2) is 48.5 Å². The van der Waals surface area contributed by atoms with Crippen LogP contribution in [0.3, 0.4) is 0 Å². The van der Waals surface area contributed by atoms with Crippen LogP contribution >= 0.6 is 0 Å². The summed E-state index contributed by atoms with van der Waals surface area (Å²) in [6.07, 6.45) is 0.757. The van der Waals surface area contributed by atoms with Crippen LogP contribution < -0.4 is 16.0 Å². The lowest BCUT2D eigenvalue weighted by atomic mass is 9.79. The lowest BCUT2D eigenvalue weighted by Crippen LogP contribution is -2.37. The molecule has 0 spiro atoms. The molecule has 154 valence electrons. The summed E-state index contributed by atoms with van der Waals surface area (Å²) in [4.78, 5) is 35.6. The monoisotopic (exact) mass is 395 g/mol. The first-order valence-corrected chi connectivity index (χ1v) is 9.63. The number of nitrogens with one attached hydrogen (secondary N) is 3. The average Bonchev–Trinajstić information content (AvgIpc) is 2.60. The fourth-order valence-electron chi connectivity index (χ4n) is 3.44. The van der Waals surface area contributed by atoms with E-state index in [9.17, 15) is 14.4 Å². The van der Waals surface area contributed by atoms with Gasteiger partial charge in [0.1, 0.15) is 0 Å². The maximum atomic E-state index is 12.8. The third kappa shape index (κ3) is 6.75. The van der Waals surface area contributed by atoms with E-state index in [2.05, 4.69) is 41.9 Å². The quantitative estimate of drug-likeness (QED) is 0.660. The van der Waals surface area contributed by atoms with E-state index >= 15 is 0 Å². The van der Waals surface area contributed by atoms with Crippen molar-refractivity contribution in [2.45, 2.75) is 52.5 Å². The van der Waals surface area contributed by atoms with Crippen molar-refractivity contribution in [2.24, 2.45) is 0 Å². The highest BCUT2D eigenvalue weighted by molar-refractivity contribution is 6.00. The molecular formula is C23H29N3O3. The Hall–Kier alpha value is -3.15. The van der Waals surface area contributed by atoms with Crippen LogP contribution in [0.4, 0.5) is 11.4 Å². The van der Waals surface area contributed by atoms with Gasteiger partial charge in [0.15, 0.2) is 0 Å². The van der Waals surface area contributed by atoms with Crippen LogP contribution in [0.25, 0.3) is 0 Å². The molecule has 0 heterocycles. The van der Waals surface area contributed by atoms with Gasteiger partial charge in [0.2, 0.25) is 11.8 Å². The summed E-state index contributed by atoms with van der Waals surface area (Å²) < 4.78 is 0. The molecule has 0 fully saturated rings. The molecule has 6 nitrogen and oxygen atoms in total. The highest BCUT2D eigenvalue weighted by Gasteiger charge is 2.24. The molecular weight excluding hydrogens is 366 g/mol. The molecule has 6 heteroatoms. The van der Waals surface area contributed by atoms with Crippen molar-refractivity contribution in [1.29, 1.82) is 0 Å². The molecule has 0 bridgehead atoms. The Balaban J connectivity index is 2.16. The van der Waals surface area contributed by atoms with Crippen LogP contribution in [0.5, 0.6) is 0 Å². The molecule has 2 rings (SSSR count). The molecule has 3 amide bonds. The van der Waals surface area contributed by atoms with Gasteiger partial charge in [-0.15, -0.1) is 0 Å². The second-order valence-electron chi connectivity index (χ2n) is 7.99. The van der Waals surface area contributed by atoms with Crippen molar-refractivity contribution in [3.8, 4) is 0 Å². The molecule has 0 saturated carbocycles. The molecule has 2 aromatic rings. The Morgan fingerprint density at radius 1 is 0.897 bits per heavy atom. The number of anilines is 2. The molecule has 3 N–H and O–H groups in total. The van der Waals surface area contributed by atoms with Gasteiger partial charge in [-0.1, -0.05) is 44.2 Å². The number of hydrogen-bond donors (Lipinski definition) is 3. The van der Waals surface area contributed by atoms with Crippen LogP contribution in [-0.4, -0.2) is 23.8 Å². The average molecular weight is 396 g/mol. The first kappa shape index (κ1) is 22.1. The summed E-state index contributed by atoms with van der Waals surface area (Å²) in [6, 6.07) is 14.9. The zero-order chi connectivity index (χ0) is 21.6. The Kier molecular flexibility index (Phi) is 7.15. The smallest absolute Gasteiger partial charge is 0.251 e. The number of carbonyl (C=O) groups excluding carboxylic acids is 3. The lowest BCUT2D eigenvalue weighted by Gasteiger charge is -2.29. The van der Waals surface area contributed by atoms with E-state index in [1.165, 1.54) is 19.4 Å². The maximum Gasteiger partial charge on any atom is 0.251 e. The lowest BCUT2D eigenvalue weighted by molar-refractivity contribution is -0.115. The molecule has 0 saturated heterocycles. The number of rotatable bonds is 7. The highest BCUT2D eigenvalue weighted by Crippen LogP contribution is 2.28. The van der Waals surface area contributed by atoms with E-state index in [4.69, 9.17) is 0 Å². The first-order chi connectivity index (χ1) is 13.6. The molecule has 0 aromatic heterocycles. The van der Waals surface area contributed by atoms with Gasteiger partial charge in [-0.25, -0.2) is 0 Å². The topological polar surface area (TPSA) is 87.3 Å². The van der Waals surface area contributed by atoms with E-state index in [1.807, 2.05) is 25.1 Å². The summed E-state index contributed by atoms with van der Waals surface area (Å²) in [5, 5.41) is 8.33. The van der Waals surface area contributed by atoms with Crippen LogP contribution in [0.2, 0.25) is 0 Å². The van der Waals surface area contributed by atoms with E-state index in [1.54, 1.807) is 18.2 Å². The molecule has 0 aliphatic heterocycles. The fourth-order valence-corrected chi connectivity index (χ4v) is 3.44. The van der Waals surface area contributed by atoms with E-state index < -0.39 is 0 Å². The minimum atomic E-state index is -0.264. The normalized spacial score (nSPS) is 12.0. The minimum Gasteiger partial charge on any atom is -0.350 e. The number of benzene rings is 2. The predicted octanol–water partition coefficient (Wildman–Crippen LogP) is 4.09. The van der Waals surface area contributed by atoms with Gasteiger partial charge in [0.05, 0.1) is 0 Å². The van der Waals surface area contributed by atoms with E-state index in [0.717, 1.165) is 6.42 Å². The first-order valence-electron chi connectivity index (χ1n) is 9.63. The minimum absolute atomic E-state index is 0.0775. The van der Waals surface area contributed by atoms with Gasteiger partial charge in [0.25, 0.3) is 5.91 Å². The molecule has 0 radical (unpaired) electrons. The number of carbonyl (C=O) groups is 3. The van der Waals surface area contributed by atoms with Crippen molar-refractivity contribution in [3.05, 3.63) is 59.7 Å². The highest BCUT2D eigenvalue weighted by atomic mass is 16.2. The van der Waals surface area contributed by atoms with Crippen LogP contribution in [0, 0.1) is 0 Å². The van der Waals surface area contributed by atoms with Gasteiger partial charge in [0, 0.05) is 36.8 Å². The predicted molar refractivity (Wildman–Crippen MR) is 116 cm³/mol. The van der Waals surface area contributed by atoms with Gasteiger partial charge in [-0.05, 0) is 42.5 Å². The summed E-state index contributed by atoms with van der Waals surface area (Å²) in [5.74, 6) is -0.774. The third-order valence-electron chi connectivity index (χ3n) is 4.59. The SMILES string of the molecule is CC(=O)Nc1cc(NC(C)=O)cc(C(=O)NC(C)CC(C)(C)c2ccccc2)c1.